The second-order valence-corrected chi connectivity index (χ2v) is 6.34. The van der Waals surface area contributed by atoms with Crippen LogP contribution in [-0.4, -0.2) is 45.1 Å². The Morgan fingerprint density at radius 3 is 2.96 bits per heavy atom. The minimum absolute atomic E-state index is 0.149. The highest BCUT2D eigenvalue weighted by atomic mass is 16.5. The zero-order valence-corrected chi connectivity index (χ0v) is 13.6. The summed E-state index contributed by atoms with van der Waals surface area (Å²) >= 11 is 0. The van der Waals surface area contributed by atoms with Crippen molar-refractivity contribution >= 4 is 5.91 Å². The van der Waals surface area contributed by atoms with Crippen molar-refractivity contribution in [3.05, 3.63) is 35.6 Å². The number of nitrogens with zero attached hydrogens (tertiary/aromatic N) is 5. The molecule has 2 aliphatic rings. The first-order chi connectivity index (χ1) is 12.2. The van der Waals surface area contributed by atoms with Gasteiger partial charge in [0.1, 0.15) is 17.9 Å². The fourth-order valence-corrected chi connectivity index (χ4v) is 2.98. The number of rotatable bonds is 4. The molecule has 3 heterocycles. The molecule has 4 rings (SSSR count). The van der Waals surface area contributed by atoms with Crippen LogP contribution in [0.3, 0.4) is 0 Å². The molecule has 1 amide bonds. The Kier molecular flexibility index (Phi) is 4.06. The molecule has 1 atom stereocenters. The number of aromatic nitrogens is 3. The highest BCUT2D eigenvalue weighted by molar-refractivity contribution is 5.92. The van der Waals surface area contributed by atoms with Gasteiger partial charge in [0.2, 0.25) is 5.69 Å². The quantitative estimate of drug-likeness (QED) is 0.837. The van der Waals surface area contributed by atoms with E-state index in [4.69, 9.17) is 14.5 Å². The number of amides is 1. The van der Waals surface area contributed by atoms with Crippen molar-refractivity contribution in [2.24, 2.45) is 0 Å². The van der Waals surface area contributed by atoms with Crippen molar-refractivity contribution in [1.82, 2.24) is 20.0 Å². The molecule has 1 saturated heterocycles. The van der Waals surface area contributed by atoms with Gasteiger partial charge in [-0.1, -0.05) is 5.16 Å². The summed E-state index contributed by atoms with van der Waals surface area (Å²) in [7, 11) is 0. The fraction of sp³-hybridized carbons (Fsp3) is 0.471. The van der Waals surface area contributed by atoms with E-state index in [2.05, 4.69) is 15.1 Å². The van der Waals surface area contributed by atoms with Crippen LogP contribution in [0.5, 0.6) is 5.88 Å². The summed E-state index contributed by atoms with van der Waals surface area (Å²) in [5.74, 6) is 1.28. The van der Waals surface area contributed by atoms with Gasteiger partial charge in [0.05, 0.1) is 6.54 Å². The van der Waals surface area contributed by atoms with Crippen LogP contribution in [0.25, 0.3) is 0 Å². The molecule has 128 valence electrons. The molecule has 0 N–H and O–H groups in total. The third kappa shape index (κ3) is 3.31. The molecule has 1 saturated carbocycles. The van der Waals surface area contributed by atoms with Gasteiger partial charge in [0.15, 0.2) is 5.69 Å². The van der Waals surface area contributed by atoms with Crippen LogP contribution in [0.2, 0.25) is 0 Å². The van der Waals surface area contributed by atoms with Crippen molar-refractivity contribution in [3.8, 4) is 11.9 Å². The number of hydrogen-bond acceptors (Lipinski definition) is 7. The monoisotopic (exact) mass is 339 g/mol. The lowest BCUT2D eigenvalue weighted by molar-refractivity contribution is 0.0517. The highest BCUT2D eigenvalue weighted by Crippen LogP contribution is 2.40. The van der Waals surface area contributed by atoms with Gasteiger partial charge in [0, 0.05) is 30.9 Å². The number of nitriles is 1. The van der Waals surface area contributed by atoms with E-state index in [9.17, 15) is 4.79 Å². The first-order valence-corrected chi connectivity index (χ1v) is 8.38. The topological polar surface area (TPSA) is 105 Å². The fourth-order valence-electron chi connectivity index (χ4n) is 2.98. The van der Waals surface area contributed by atoms with Crippen molar-refractivity contribution < 1.29 is 14.1 Å². The summed E-state index contributed by atoms with van der Waals surface area (Å²) in [5, 5.41) is 13.0. The molecule has 0 bridgehead atoms. The predicted octanol–water partition coefficient (Wildman–Crippen LogP) is 1.90. The van der Waals surface area contributed by atoms with Gasteiger partial charge in [-0.3, -0.25) is 4.79 Å². The first kappa shape index (κ1) is 15.6. The molecule has 2 aromatic rings. The molecule has 1 aliphatic heterocycles. The Balaban J connectivity index is 1.43. The lowest BCUT2D eigenvalue weighted by atomic mass is 10.1. The van der Waals surface area contributed by atoms with Crippen molar-refractivity contribution in [1.29, 1.82) is 5.26 Å². The largest absolute Gasteiger partial charge is 0.470 e. The normalized spacial score (nSPS) is 20.1. The number of likely N-dealkylation sites (tertiary alicyclic amines) is 1. The molecule has 2 fully saturated rings. The molecular formula is C17H17N5O3. The molecular weight excluding hydrogens is 322 g/mol. The second kappa shape index (κ2) is 6.51. The van der Waals surface area contributed by atoms with Crippen LogP contribution in [0.4, 0.5) is 0 Å². The number of hydrogen-bond donors (Lipinski definition) is 0. The average Bonchev–Trinajstić information content (AvgIpc) is 3.39. The van der Waals surface area contributed by atoms with E-state index in [1.807, 2.05) is 6.07 Å². The Labute approximate surface area is 144 Å². The number of ether oxygens (including phenoxy) is 1. The Morgan fingerprint density at radius 1 is 1.32 bits per heavy atom. The van der Waals surface area contributed by atoms with Gasteiger partial charge >= 0.3 is 0 Å². The minimum atomic E-state index is -0.226. The van der Waals surface area contributed by atoms with E-state index in [1.165, 1.54) is 12.4 Å². The lowest BCUT2D eigenvalue weighted by Gasteiger charge is -2.32. The zero-order chi connectivity index (χ0) is 17.2. The Bertz CT molecular complexity index is 824. The van der Waals surface area contributed by atoms with Crippen LogP contribution in [0.1, 0.15) is 53.5 Å². The van der Waals surface area contributed by atoms with E-state index in [0.717, 1.165) is 31.4 Å². The summed E-state index contributed by atoms with van der Waals surface area (Å²) in [5.41, 5.74) is 0.497. The summed E-state index contributed by atoms with van der Waals surface area (Å²) in [4.78, 5) is 22.4. The van der Waals surface area contributed by atoms with Crippen LogP contribution in [0.15, 0.2) is 23.0 Å². The van der Waals surface area contributed by atoms with E-state index < -0.39 is 0 Å². The van der Waals surface area contributed by atoms with Crippen LogP contribution < -0.4 is 4.74 Å². The maximum Gasteiger partial charge on any atom is 0.276 e. The van der Waals surface area contributed by atoms with Gasteiger partial charge in [-0.15, -0.1) is 0 Å². The number of piperidine rings is 1. The van der Waals surface area contributed by atoms with Crippen molar-refractivity contribution in [3.63, 3.8) is 0 Å². The van der Waals surface area contributed by atoms with Gasteiger partial charge in [-0.2, -0.15) is 5.26 Å². The molecule has 1 aliphatic carbocycles. The van der Waals surface area contributed by atoms with E-state index in [-0.39, 0.29) is 23.6 Å². The molecule has 8 heteroatoms. The maximum absolute atomic E-state index is 12.6. The average molecular weight is 339 g/mol. The third-order valence-electron chi connectivity index (χ3n) is 4.44. The van der Waals surface area contributed by atoms with E-state index >= 15 is 0 Å². The van der Waals surface area contributed by atoms with E-state index in [1.54, 1.807) is 11.0 Å². The minimum Gasteiger partial charge on any atom is -0.470 e. The van der Waals surface area contributed by atoms with Gasteiger partial charge in [-0.05, 0) is 25.7 Å². The Morgan fingerprint density at radius 2 is 2.16 bits per heavy atom. The molecule has 8 nitrogen and oxygen atoms in total. The van der Waals surface area contributed by atoms with Gasteiger partial charge in [0.25, 0.3) is 11.8 Å². The van der Waals surface area contributed by atoms with Gasteiger partial charge in [-0.25, -0.2) is 9.97 Å². The zero-order valence-electron chi connectivity index (χ0n) is 13.6. The SMILES string of the molecule is N#Cc1nccnc1OC1CCCN(C(=O)c2cc(C3CC3)on2)C1. The molecule has 1 unspecified atom stereocenters. The highest BCUT2D eigenvalue weighted by Gasteiger charge is 2.32. The Hall–Kier alpha value is -2.95. The van der Waals surface area contributed by atoms with Crippen LogP contribution >= 0.6 is 0 Å². The third-order valence-corrected chi connectivity index (χ3v) is 4.44. The lowest BCUT2D eigenvalue weighted by Crippen LogP contribution is -2.44. The van der Waals surface area contributed by atoms with Crippen molar-refractivity contribution in [2.75, 3.05) is 13.1 Å². The number of carbonyl (C=O) groups excluding carboxylic acids is 1. The van der Waals surface area contributed by atoms with Gasteiger partial charge < -0.3 is 14.2 Å². The standard InChI is InChI=1S/C17H17N5O3/c18-9-14-16(20-6-5-19-14)24-12-2-1-7-22(10-12)17(23)13-8-15(25-21-13)11-3-4-11/h5-6,8,11-12H,1-4,7,10H2. The molecule has 2 aromatic heterocycles. The summed E-state index contributed by atoms with van der Waals surface area (Å²) < 4.78 is 11.1. The second-order valence-electron chi connectivity index (χ2n) is 6.34. The predicted molar refractivity (Wildman–Crippen MR) is 84.8 cm³/mol. The first-order valence-electron chi connectivity index (χ1n) is 8.38. The van der Waals surface area contributed by atoms with Crippen molar-refractivity contribution in [2.45, 2.75) is 37.7 Å². The summed E-state index contributed by atoms with van der Waals surface area (Å²) in [6.07, 6.45) is 6.50. The number of carbonyl (C=O) groups is 1. The maximum atomic E-state index is 12.6. The van der Waals surface area contributed by atoms with Crippen LogP contribution in [-0.2, 0) is 0 Å². The van der Waals surface area contributed by atoms with Crippen LogP contribution in [0, 0.1) is 11.3 Å². The van der Waals surface area contributed by atoms with E-state index in [0.29, 0.717) is 24.7 Å². The smallest absolute Gasteiger partial charge is 0.276 e. The summed E-state index contributed by atoms with van der Waals surface area (Å²) in [6, 6.07) is 3.71. The molecule has 25 heavy (non-hydrogen) atoms. The summed E-state index contributed by atoms with van der Waals surface area (Å²) in [6.45, 7) is 1.07. The molecule has 0 radical (unpaired) electrons. The molecule has 0 aromatic carbocycles. The molecule has 0 spiro atoms.